The Bertz CT molecular complexity index is 967. The summed E-state index contributed by atoms with van der Waals surface area (Å²) >= 11 is 0. The van der Waals surface area contributed by atoms with Gasteiger partial charge in [0.2, 0.25) is 11.8 Å². The predicted octanol–water partition coefficient (Wildman–Crippen LogP) is 2.87. The van der Waals surface area contributed by atoms with E-state index in [1.165, 1.54) is 6.07 Å². The number of nitrogens with one attached hydrogen (secondary N) is 2. The van der Waals surface area contributed by atoms with Crippen molar-refractivity contribution >= 4 is 29.2 Å². The van der Waals surface area contributed by atoms with Crippen LogP contribution in [0.5, 0.6) is 0 Å². The third-order valence-corrected chi connectivity index (χ3v) is 7.27. The lowest BCUT2D eigenvalue weighted by Gasteiger charge is -2.43. The van der Waals surface area contributed by atoms with Gasteiger partial charge in [-0.15, -0.1) is 0 Å². The molecule has 3 aliphatic rings. The smallest absolute Gasteiger partial charge is 0.309 e. The maximum atomic E-state index is 15.2. The quantitative estimate of drug-likeness (QED) is 0.434. The van der Waals surface area contributed by atoms with Crippen LogP contribution in [0.1, 0.15) is 46.0 Å². The maximum Gasteiger partial charge on any atom is 0.309 e. The number of ether oxygens (including phenoxy) is 1. The summed E-state index contributed by atoms with van der Waals surface area (Å²) in [6, 6.07) is 3.74. The van der Waals surface area contributed by atoms with Crippen LogP contribution in [0, 0.1) is 17.7 Å². The van der Waals surface area contributed by atoms with Crippen LogP contribution in [0.2, 0.25) is 0 Å². The van der Waals surface area contributed by atoms with Crippen LogP contribution < -0.4 is 15.5 Å². The molecule has 3 atom stereocenters. The highest BCUT2D eigenvalue weighted by molar-refractivity contribution is 6.01. The van der Waals surface area contributed by atoms with Gasteiger partial charge >= 0.3 is 5.97 Å². The first kappa shape index (κ1) is 26.3. The van der Waals surface area contributed by atoms with E-state index in [0.29, 0.717) is 69.2 Å². The standard InChI is InChI=1S/C26H36F2N4O4/c1-16(2)15-36-26(35)17-7-10-31(11-8-17)23-9-12-32(14-20(23)28)22-5-3-18(13-19(22)27)29-21-4-6-24(33)30-25(21)34/h3,5,13,16-17,20-21,23,29H,4,6-12,14-15H2,1-2H3,(H,30,33,34). The molecule has 198 valence electrons. The number of carbonyl (C=O) groups excluding carboxylic acids is 3. The van der Waals surface area contributed by atoms with Crippen molar-refractivity contribution in [1.29, 1.82) is 0 Å². The highest BCUT2D eigenvalue weighted by atomic mass is 19.1. The van der Waals surface area contributed by atoms with Gasteiger partial charge in [-0.1, -0.05) is 13.8 Å². The first-order chi connectivity index (χ1) is 17.2. The van der Waals surface area contributed by atoms with Gasteiger partial charge < -0.3 is 15.0 Å². The molecule has 3 aliphatic heterocycles. The molecule has 3 fully saturated rings. The molecule has 0 aliphatic carbocycles. The Morgan fingerprint density at radius 1 is 1.17 bits per heavy atom. The van der Waals surface area contributed by atoms with Crippen LogP contribution in [0.4, 0.5) is 20.2 Å². The van der Waals surface area contributed by atoms with Crippen molar-refractivity contribution < 1.29 is 27.9 Å². The zero-order valence-corrected chi connectivity index (χ0v) is 21.0. The number of carbonyl (C=O) groups is 3. The highest BCUT2D eigenvalue weighted by Crippen LogP contribution is 2.31. The van der Waals surface area contributed by atoms with Crippen LogP contribution in [-0.4, -0.2) is 73.7 Å². The van der Waals surface area contributed by atoms with Crippen molar-refractivity contribution in [2.75, 3.05) is 43.0 Å². The summed E-state index contributed by atoms with van der Waals surface area (Å²) in [7, 11) is 0. The average Bonchev–Trinajstić information content (AvgIpc) is 2.84. The van der Waals surface area contributed by atoms with Gasteiger partial charge in [0.1, 0.15) is 18.0 Å². The lowest BCUT2D eigenvalue weighted by Crippen LogP contribution is -2.55. The van der Waals surface area contributed by atoms with E-state index in [2.05, 4.69) is 15.5 Å². The number of alkyl halides is 1. The third kappa shape index (κ3) is 6.32. The number of amides is 2. The molecular formula is C26H36F2N4O4. The summed E-state index contributed by atoms with van der Waals surface area (Å²) in [5, 5.41) is 5.24. The molecular weight excluding hydrogens is 470 g/mol. The number of likely N-dealkylation sites (tertiary alicyclic amines) is 1. The number of imide groups is 1. The van der Waals surface area contributed by atoms with E-state index in [1.54, 1.807) is 17.0 Å². The molecule has 1 aromatic rings. The van der Waals surface area contributed by atoms with Gasteiger partial charge in [-0.2, -0.15) is 0 Å². The van der Waals surface area contributed by atoms with Crippen LogP contribution in [0.3, 0.4) is 0 Å². The van der Waals surface area contributed by atoms with E-state index in [-0.39, 0.29) is 36.8 Å². The van der Waals surface area contributed by atoms with Gasteiger partial charge in [0.05, 0.1) is 24.8 Å². The monoisotopic (exact) mass is 506 g/mol. The molecule has 0 aromatic heterocycles. The molecule has 3 heterocycles. The zero-order chi connectivity index (χ0) is 25.8. The first-order valence-electron chi connectivity index (χ1n) is 12.9. The zero-order valence-electron chi connectivity index (χ0n) is 21.0. The average molecular weight is 507 g/mol. The van der Waals surface area contributed by atoms with Gasteiger partial charge in [0, 0.05) is 24.7 Å². The van der Waals surface area contributed by atoms with Crippen LogP contribution in [0.25, 0.3) is 0 Å². The van der Waals surface area contributed by atoms with E-state index in [1.807, 2.05) is 13.8 Å². The summed E-state index contributed by atoms with van der Waals surface area (Å²) in [4.78, 5) is 39.3. The summed E-state index contributed by atoms with van der Waals surface area (Å²) in [6.07, 6.45) is 1.35. The molecule has 4 rings (SSSR count). The number of esters is 1. The fraction of sp³-hybridized carbons (Fsp3) is 0.654. The molecule has 3 saturated heterocycles. The first-order valence-corrected chi connectivity index (χ1v) is 12.9. The predicted molar refractivity (Wildman–Crippen MR) is 132 cm³/mol. The van der Waals surface area contributed by atoms with E-state index in [9.17, 15) is 18.8 Å². The van der Waals surface area contributed by atoms with E-state index in [4.69, 9.17) is 4.74 Å². The SMILES string of the molecule is CC(C)COC(=O)C1CCN(C2CCN(c3ccc(NC4CCC(=O)NC4=O)cc3F)CC2F)CC1. The Labute approximate surface area is 210 Å². The molecule has 1 aromatic carbocycles. The Kier molecular flexibility index (Phi) is 8.43. The fourth-order valence-electron chi connectivity index (χ4n) is 5.24. The molecule has 8 nitrogen and oxygen atoms in total. The van der Waals surface area contributed by atoms with E-state index in [0.717, 1.165) is 0 Å². The van der Waals surface area contributed by atoms with Crippen molar-refractivity contribution in [3.05, 3.63) is 24.0 Å². The van der Waals surface area contributed by atoms with Crippen molar-refractivity contribution in [3.8, 4) is 0 Å². The van der Waals surface area contributed by atoms with Gasteiger partial charge in [0.15, 0.2) is 0 Å². The van der Waals surface area contributed by atoms with Gasteiger partial charge in [-0.05, 0) is 62.9 Å². The second kappa shape index (κ2) is 11.5. The van der Waals surface area contributed by atoms with Gasteiger partial charge in [-0.25, -0.2) is 8.78 Å². The van der Waals surface area contributed by atoms with Crippen molar-refractivity contribution in [1.82, 2.24) is 10.2 Å². The third-order valence-electron chi connectivity index (χ3n) is 7.27. The van der Waals surface area contributed by atoms with E-state index >= 15 is 4.39 Å². The summed E-state index contributed by atoms with van der Waals surface area (Å²) in [5.74, 6) is -1.19. The Morgan fingerprint density at radius 2 is 1.92 bits per heavy atom. The number of hydrogen-bond donors (Lipinski definition) is 2. The number of anilines is 2. The Morgan fingerprint density at radius 3 is 2.56 bits per heavy atom. The number of piperidine rings is 3. The highest BCUT2D eigenvalue weighted by Gasteiger charge is 2.37. The van der Waals surface area contributed by atoms with E-state index < -0.39 is 23.9 Å². The second-order valence-corrected chi connectivity index (χ2v) is 10.5. The number of benzene rings is 1. The molecule has 0 bridgehead atoms. The molecule has 2 amide bonds. The second-order valence-electron chi connectivity index (χ2n) is 10.5. The minimum atomic E-state index is -1.14. The maximum absolute atomic E-state index is 15.2. The van der Waals surface area contributed by atoms with Crippen LogP contribution in [-0.2, 0) is 19.1 Å². The van der Waals surface area contributed by atoms with Crippen LogP contribution in [0.15, 0.2) is 18.2 Å². The Hall–Kier alpha value is -2.75. The number of halogens is 2. The number of hydrogen-bond acceptors (Lipinski definition) is 7. The van der Waals surface area contributed by atoms with Gasteiger partial charge in [-0.3, -0.25) is 24.6 Å². The molecule has 0 radical (unpaired) electrons. The van der Waals surface area contributed by atoms with Crippen LogP contribution >= 0.6 is 0 Å². The topological polar surface area (TPSA) is 91.0 Å². The molecule has 10 heteroatoms. The molecule has 0 spiro atoms. The fourth-order valence-corrected chi connectivity index (χ4v) is 5.24. The molecule has 36 heavy (non-hydrogen) atoms. The largest absolute Gasteiger partial charge is 0.465 e. The van der Waals surface area contributed by atoms with Crippen molar-refractivity contribution in [3.63, 3.8) is 0 Å². The lowest BCUT2D eigenvalue weighted by molar-refractivity contribution is -0.151. The number of nitrogens with zero attached hydrogens (tertiary/aromatic N) is 2. The van der Waals surface area contributed by atoms with Gasteiger partial charge in [0.25, 0.3) is 0 Å². The normalized spacial score (nSPS) is 26.1. The minimum absolute atomic E-state index is 0.0951. The molecule has 0 saturated carbocycles. The summed E-state index contributed by atoms with van der Waals surface area (Å²) in [6.45, 7) is 6.36. The summed E-state index contributed by atoms with van der Waals surface area (Å²) in [5.41, 5.74) is 0.767. The molecule has 3 unspecified atom stereocenters. The summed E-state index contributed by atoms with van der Waals surface area (Å²) < 4.78 is 35.6. The molecule has 2 N–H and O–H groups in total. The Balaban J connectivity index is 1.28. The number of rotatable bonds is 7. The van der Waals surface area contributed by atoms with Crippen molar-refractivity contribution in [2.45, 2.75) is 64.2 Å². The lowest BCUT2D eigenvalue weighted by atomic mass is 9.92. The minimum Gasteiger partial charge on any atom is -0.465 e. The van der Waals surface area contributed by atoms with Crippen molar-refractivity contribution in [2.24, 2.45) is 11.8 Å².